The number of nitro benzene ring substituents is 1. The Balaban J connectivity index is 1.68. The van der Waals surface area contributed by atoms with Gasteiger partial charge in [0.05, 0.1) is 17.5 Å². The molecule has 7 heteroatoms. The summed E-state index contributed by atoms with van der Waals surface area (Å²) in [6, 6.07) is 10.7. The second-order valence-corrected chi connectivity index (χ2v) is 4.80. The number of hydrogen-bond donors (Lipinski definition) is 1. The minimum Gasteiger partial charge on any atom is -0.486 e. The molecule has 1 unspecified atom stereocenters. The Bertz CT molecular complexity index is 708. The molecule has 1 atom stereocenters. The number of benzene rings is 2. The molecule has 0 aliphatic carbocycles. The molecule has 2 aromatic carbocycles. The Morgan fingerprint density at radius 2 is 2.05 bits per heavy atom. The van der Waals surface area contributed by atoms with E-state index in [9.17, 15) is 14.5 Å². The summed E-state index contributed by atoms with van der Waals surface area (Å²) in [6.45, 7) is 0.639. The zero-order chi connectivity index (χ0) is 15.5. The van der Waals surface area contributed by atoms with Gasteiger partial charge in [-0.1, -0.05) is 12.1 Å². The molecule has 1 aliphatic heterocycles. The molecule has 22 heavy (non-hydrogen) atoms. The maximum Gasteiger partial charge on any atom is 0.295 e. The van der Waals surface area contributed by atoms with Crippen molar-refractivity contribution in [2.75, 3.05) is 18.5 Å². The largest absolute Gasteiger partial charge is 0.486 e. The van der Waals surface area contributed by atoms with E-state index in [1.54, 1.807) is 6.07 Å². The molecule has 0 fully saturated rings. The molecule has 1 heterocycles. The molecule has 0 bridgehead atoms. The highest BCUT2D eigenvalue weighted by Gasteiger charge is 2.22. The van der Waals surface area contributed by atoms with Crippen LogP contribution in [0.25, 0.3) is 0 Å². The van der Waals surface area contributed by atoms with Crippen LogP contribution in [0, 0.1) is 15.9 Å². The van der Waals surface area contributed by atoms with Crippen molar-refractivity contribution in [2.24, 2.45) is 0 Å². The van der Waals surface area contributed by atoms with Crippen LogP contribution in [0.15, 0.2) is 42.5 Å². The molecule has 1 aliphatic rings. The monoisotopic (exact) mass is 304 g/mol. The van der Waals surface area contributed by atoms with Gasteiger partial charge in [-0.25, -0.2) is 4.39 Å². The van der Waals surface area contributed by atoms with E-state index in [0.717, 1.165) is 6.07 Å². The predicted molar refractivity (Wildman–Crippen MR) is 77.9 cm³/mol. The van der Waals surface area contributed by atoms with Gasteiger partial charge < -0.3 is 14.8 Å². The Morgan fingerprint density at radius 3 is 2.82 bits per heavy atom. The number of rotatable bonds is 4. The number of anilines is 1. The lowest BCUT2D eigenvalue weighted by Crippen LogP contribution is -2.35. The quantitative estimate of drug-likeness (QED) is 0.694. The lowest BCUT2D eigenvalue weighted by molar-refractivity contribution is -0.384. The third-order valence-corrected chi connectivity index (χ3v) is 3.24. The van der Waals surface area contributed by atoms with Crippen molar-refractivity contribution in [1.29, 1.82) is 0 Å². The summed E-state index contributed by atoms with van der Waals surface area (Å²) in [5.74, 6) is 0.657. The fourth-order valence-electron chi connectivity index (χ4n) is 2.19. The number of nitro groups is 1. The van der Waals surface area contributed by atoms with Crippen LogP contribution in [0.1, 0.15) is 0 Å². The Kier molecular flexibility index (Phi) is 3.78. The number of hydrogen-bond acceptors (Lipinski definition) is 5. The minimum absolute atomic E-state index is 0.244. The maximum absolute atomic E-state index is 13.1. The van der Waals surface area contributed by atoms with Gasteiger partial charge in [0.25, 0.3) is 5.69 Å². The van der Waals surface area contributed by atoms with Crippen molar-refractivity contribution in [3.05, 3.63) is 58.4 Å². The SMILES string of the molecule is O=[N+]([O-])c1cc(F)ccc1NCC1COc2ccccc2O1. The number of nitrogens with zero attached hydrogens (tertiary/aromatic N) is 1. The van der Waals surface area contributed by atoms with Gasteiger partial charge in [-0.3, -0.25) is 10.1 Å². The topological polar surface area (TPSA) is 73.6 Å². The van der Waals surface area contributed by atoms with Gasteiger partial charge in [0.2, 0.25) is 0 Å². The molecule has 1 N–H and O–H groups in total. The van der Waals surface area contributed by atoms with Crippen LogP contribution in [-0.4, -0.2) is 24.2 Å². The first kappa shape index (κ1) is 14.1. The highest BCUT2D eigenvalue weighted by Crippen LogP contribution is 2.31. The summed E-state index contributed by atoms with van der Waals surface area (Å²) in [4.78, 5) is 10.3. The Morgan fingerprint density at radius 1 is 1.27 bits per heavy atom. The smallest absolute Gasteiger partial charge is 0.295 e. The average Bonchev–Trinajstić information content (AvgIpc) is 2.53. The normalized spacial score (nSPS) is 16.1. The number of halogens is 1. The van der Waals surface area contributed by atoms with E-state index in [1.807, 2.05) is 18.2 Å². The number of ether oxygens (including phenoxy) is 2. The summed E-state index contributed by atoms with van der Waals surface area (Å²) in [6.07, 6.45) is -0.292. The molecule has 0 radical (unpaired) electrons. The summed E-state index contributed by atoms with van der Waals surface area (Å²) in [5.41, 5.74) is -0.0639. The first-order chi connectivity index (χ1) is 10.6. The lowest BCUT2D eigenvalue weighted by Gasteiger charge is -2.26. The van der Waals surface area contributed by atoms with Gasteiger partial charge in [-0.05, 0) is 24.3 Å². The number of fused-ring (bicyclic) bond motifs is 1. The van der Waals surface area contributed by atoms with Crippen molar-refractivity contribution in [3.63, 3.8) is 0 Å². The summed E-state index contributed by atoms with van der Waals surface area (Å²) < 4.78 is 24.4. The van der Waals surface area contributed by atoms with Crippen molar-refractivity contribution in [3.8, 4) is 11.5 Å². The van der Waals surface area contributed by atoms with E-state index in [1.165, 1.54) is 12.1 Å². The van der Waals surface area contributed by atoms with Gasteiger partial charge in [0, 0.05) is 0 Å². The van der Waals surface area contributed by atoms with Gasteiger partial charge in [-0.2, -0.15) is 0 Å². The van der Waals surface area contributed by atoms with Crippen molar-refractivity contribution < 1.29 is 18.8 Å². The van der Waals surface area contributed by atoms with Gasteiger partial charge in [0.15, 0.2) is 11.5 Å². The second-order valence-electron chi connectivity index (χ2n) is 4.80. The van der Waals surface area contributed by atoms with E-state index in [4.69, 9.17) is 9.47 Å². The summed E-state index contributed by atoms with van der Waals surface area (Å²) >= 11 is 0. The van der Waals surface area contributed by atoms with Crippen LogP contribution in [0.3, 0.4) is 0 Å². The molecule has 0 spiro atoms. The van der Waals surface area contributed by atoms with Gasteiger partial charge in [-0.15, -0.1) is 0 Å². The van der Waals surface area contributed by atoms with Crippen LogP contribution in [-0.2, 0) is 0 Å². The zero-order valence-corrected chi connectivity index (χ0v) is 11.5. The molecular weight excluding hydrogens is 291 g/mol. The molecule has 114 valence electrons. The Hall–Kier alpha value is -2.83. The summed E-state index contributed by atoms with van der Waals surface area (Å²) in [5, 5.41) is 13.8. The molecule has 0 saturated heterocycles. The second kappa shape index (κ2) is 5.88. The predicted octanol–water partition coefficient (Wildman–Crippen LogP) is 2.99. The lowest BCUT2D eigenvalue weighted by atomic mass is 10.2. The third-order valence-electron chi connectivity index (χ3n) is 3.24. The Labute approximate surface area is 125 Å². The highest BCUT2D eigenvalue weighted by atomic mass is 19.1. The average molecular weight is 304 g/mol. The van der Waals surface area contributed by atoms with Crippen LogP contribution >= 0.6 is 0 Å². The van der Waals surface area contributed by atoms with Crippen LogP contribution < -0.4 is 14.8 Å². The van der Waals surface area contributed by atoms with Crippen molar-refractivity contribution in [2.45, 2.75) is 6.10 Å². The standard InChI is InChI=1S/C15H13FN2O4/c16-10-5-6-12(13(7-10)18(19)20)17-8-11-9-21-14-3-1-2-4-15(14)22-11/h1-7,11,17H,8-9H2. The molecule has 2 aromatic rings. The fourth-order valence-corrected chi connectivity index (χ4v) is 2.19. The molecule has 3 rings (SSSR count). The fraction of sp³-hybridized carbons (Fsp3) is 0.200. The van der Waals surface area contributed by atoms with Crippen molar-refractivity contribution >= 4 is 11.4 Å². The van der Waals surface area contributed by atoms with Crippen LogP contribution in [0.4, 0.5) is 15.8 Å². The van der Waals surface area contributed by atoms with Gasteiger partial charge in [0.1, 0.15) is 24.2 Å². The first-order valence-corrected chi connectivity index (χ1v) is 6.70. The van der Waals surface area contributed by atoms with E-state index < -0.39 is 10.7 Å². The van der Waals surface area contributed by atoms with Crippen LogP contribution in [0.5, 0.6) is 11.5 Å². The molecular formula is C15H13FN2O4. The third kappa shape index (κ3) is 2.93. The van der Waals surface area contributed by atoms with E-state index in [2.05, 4.69) is 5.32 Å². The summed E-state index contributed by atoms with van der Waals surface area (Å²) in [7, 11) is 0. The van der Waals surface area contributed by atoms with Gasteiger partial charge >= 0.3 is 0 Å². The minimum atomic E-state index is -0.650. The first-order valence-electron chi connectivity index (χ1n) is 6.70. The van der Waals surface area contributed by atoms with E-state index in [-0.39, 0.29) is 17.5 Å². The number of para-hydroxylation sites is 2. The van der Waals surface area contributed by atoms with E-state index in [0.29, 0.717) is 24.7 Å². The maximum atomic E-state index is 13.1. The van der Waals surface area contributed by atoms with Crippen LogP contribution in [0.2, 0.25) is 0 Å². The molecule has 0 aromatic heterocycles. The van der Waals surface area contributed by atoms with Crippen molar-refractivity contribution in [1.82, 2.24) is 0 Å². The zero-order valence-electron chi connectivity index (χ0n) is 11.5. The molecule has 0 amide bonds. The van der Waals surface area contributed by atoms with E-state index >= 15 is 0 Å². The molecule has 0 saturated carbocycles. The molecule has 6 nitrogen and oxygen atoms in total. The number of nitrogens with one attached hydrogen (secondary N) is 1. The highest BCUT2D eigenvalue weighted by molar-refractivity contribution is 5.61.